The van der Waals surface area contributed by atoms with E-state index in [1.54, 1.807) is 6.07 Å². The highest BCUT2D eigenvalue weighted by molar-refractivity contribution is 7.17. The number of anilines is 2. The molecule has 0 aliphatic heterocycles. The molecule has 13 heavy (non-hydrogen) atoms. The second-order valence-corrected chi connectivity index (χ2v) is 3.67. The summed E-state index contributed by atoms with van der Waals surface area (Å²) in [7, 11) is 0. The first-order valence-electron chi connectivity index (χ1n) is 3.74. The molecule has 0 saturated heterocycles. The average molecular weight is 192 g/mol. The molecule has 2 aromatic rings. The predicted octanol–water partition coefficient (Wildman–Crippen LogP) is 1.88. The van der Waals surface area contributed by atoms with E-state index in [0.29, 0.717) is 16.9 Å². The van der Waals surface area contributed by atoms with Gasteiger partial charge in [0.2, 0.25) is 0 Å². The van der Waals surface area contributed by atoms with Gasteiger partial charge in [-0.25, -0.2) is 0 Å². The second-order valence-electron chi connectivity index (χ2n) is 2.75. The topological polar surface area (TPSA) is 69.1 Å². The van der Waals surface area contributed by atoms with Gasteiger partial charge in [0.15, 0.2) is 6.29 Å². The minimum Gasteiger partial charge on any atom is -0.398 e. The van der Waals surface area contributed by atoms with Gasteiger partial charge in [-0.1, -0.05) is 0 Å². The number of carbonyl (C=O) groups excluding carboxylic acids is 1. The van der Waals surface area contributed by atoms with Crippen LogP contribution in [0.1, 0.15) is 10.4 Å². The van der Waals surface area contributed by atoms with Crippen molar-refractivity contribution < 1.29 is 4.79 Å². The van der Waals surface area contributed by atoms with Crippen molar-refractivity contribution in [3.63, 3.8) is 0 Å². The van der Waals surface area contributed by atoms with Crippen LogP contribution in [0.4, 0.5) is 11.4 Å². The number of nitrogens with two attached hydrogens (primary N) is 2. The van der Waals surface area contributed by atoms with E-state index in [0.717, 1.165) is 16.4 Å². The monoisotopic (exact) mass is 192 g/mol. The van der Waals surface area contributed by atoms with Crippen LogP contribution in [-0.2, 0) is 0 Å². The van der Waals surface area contributed by atoms with Crippen LogP contribution in [0.3, 0.4) is 0 Å². The van der Waals surface area contributed by atoms with Gasteiger partial charge >= 0.3 is 0 Å². The molecule has 4 N–H and O–H groups in total. The molecule has 2 rings (SSSR count). The summed E-state index contributed by atoms with van der Waals surface area (Å²) in [5.41, 5.74) is 13.0. The van der Waals surface area contributed by atoms with E-state index in [9.17, 15) is 4.79 Å². The molecule has 0 spiro atoms. The number of aldehydes is 1. The third-order valence-electron chi connectivity index (χ3n) is 1.96. The Kier molecular flexibility index (Phi) is 1.70. The predicted molar refractivity (Wildman–Crippen MR) is 56.0 cm³/mol. The molecule has 1 aromatic carbocycles. The molecule has 0 unspecified atom stereocenters. The van der Waals surface area contributed by atoms with Gasteiger partial charge in [-0.05, 0) is 17.5 Å². The van der Waals surface area contributed by atoms with E-state index in [4.69, 9.17) is 11.5 Å². The normalized spacial score (nSPS) is 10.5. The molecular weight excluding hydrogens is 184 g/mol. The van der Waals surface area contributed by atoms with Crippen LogP contribution in [0, 0.1) is 0 Å². The Morgan fingerprint density at radius 2 is 2.08 bits per heavy atom. The van der Waals surface area contributed by atoms with Gasteiger partial charge in [-0.3, -0.25) is 4.79 Å². The van der Waals surface area contributed by atoms with E-state index in [1.807, 2.05) is 11.4 Å². The maximum absolute atomic E-state index is 10.7. The van der Waals surface area contributed by atoms with E-state index >= 15 is 0 Å². The third kappa shape index (κ3) is 1.07. The summed E-state index contributed by atoms with van der Waals surface area (Å²) in [6, 6.07) is 3.49. The molecule has 1 aromatic heterocycles. The molecule has 0 aliphatic carbocycles. The van der Waals surface area contributed by atoms with Crippen LogP contribution in [0.2, 0.25) is 0 Å². The highest BCUT2D eigenvalue weighted by Crippen LogP contribution is 2.32. The molecule has 0 saturated carbocycles. The van der Waals surface area contributed by atoms with Crippen molar-refractivity contribution in [2.75, 3.05) is 11.5 Å². The van der Waals surface area contributed by atoms with Crippen LogP contribution in [0.25, 0.3) is 10.1 Å². The zero-order chi connectivity index (χ0) is 9.42. The Morgan fingerprint density at radius 1 is 1.31 bits per heavy atom. The minimum absolute atomic E-state index is 0.443. The van der Waals surface area contributed by atoms with Gasteiger partial charge in [-0.2, -0.15) is 0 Å². The fraction of sp³-hybridized carbons (Fsp3) is 0. The summed E-state index contributed by atoms with van der Waals surface area (Å²) in [5.74, 6) is 0. The first-order chi connectivity index (χ1) is 6.24. The smallest absolute Gasteiger partial charge is 0.152 e. The highest BCUT2D eigenvalue weighted by atomic mass is 32.1. The van der Waals surface area contributed by atoms with Crippen LogP contribution >= 0.6 is 11.3 Å². The third-order valence-corrected chi connectivity index (χ3v) is 2.92. The molecule has 3 nitrogen and oxygen atoms in total. The Labute approximate surface area is 79.0 Å². The van der Waals surface area contributed by atoms with Crippen molar-refractivity contribution in [2.45, 2.75) is 0 Å². The summed E-state index contributed by atoms with van der Waals surface area (Å²) >= 11 is 1.51. The molecule has 0 amide bonds. The summed E-state index contributed by atoms with van der Waals surface area (Å²) in [4.78, 5) is 10.7. The largest absolute Gasteiger partial charge is 0.398 e. The molecule has 1 heterocycles. The summed E-state index contributed by atoms with van der Waals surface area (Å²) in [6.07, 6.45) is 0.768. The van der Waals surface area contributed by atoms with Crippen molar-refractivity contribution in [1.29, 1.82) is 0 Å². The molecular formula is C9H8N2OS. The van der Waals surface area contributed by atoms with Crippen LogP contribution in [0.15, 0.2) is 17.5 Å². The maximum Gasteiger partial charge on any atom is 0.152 e. The highest BCUT2D eigenvalue weighted by Gasteiger charge is 2.08. The summed E-state index contributed by atoms with van der Waals surface area (Å²) in [5, 5.41) is 2.74. The van der Waals surface area contributed by atoms with Crippen LogP contribution < -0.4 is 11.5 Å². The van der Waals surface area contributed by atoms with E-state index in [-0.39, 0.29) is 0 Å². The van der Waals surface area contributed by atoms with Gasteiger partial charge in [0.05, 0.1) is 10.4 Å². The quantitative estimate of drug-likeness (QED) is 0.535. The minimum atomic E-state index is 0.443. The first kappa shape index (κ1) is 8.07. The van der Waals surface area contributed by atoms with Crippen molar-refractivity contribution in [3.05, 3.63) is 23.1 Å². The van der Waals surface area contributed by atoms with Crippen molar-refractivity contribution in [3.8, 4) is 0 Å². The molecule has 0 bridgehead atoms. The molecule has 0 atom stereocenters. The molecule has 0 aliphatic rings. The Morgan fingerprint density at radius 3 is 2.77 bits per heavy atom. The van der Waals surface area contributed by atoms with Gasteiger partial charge in [0.25, 0.3) is 0 Å². The lowest BCUT2D eigenvalue weighted by Gasteiger charge is -2.02. The zero-order valence-corrected chi connectivity index (χ0v) is 7.60. The van der Waals surface area contributed by atoms with Crippen LogP contribution in [-0.4, -0.2) is 6.29 Å². The fourth-order valence-corrected chi connectivity index (χ4v) is 2.18. The van der Waals surface area contributed by atoms with E-state index < -0.39 is 0 Å². The Hall–Kier alpha value is -1.55. The fourth-order valence-electron chi connectivity index (χ4n) is 1.34. The summed E-state index contributed by atoms with van der Waals surface area (Å²) < 4.78 is 0.927. The Balaban J connectivity index is 2.96. The molecule has 66 valence electrons. The number of nitrogen functional groups attached to an aromatic ring is 2. The molecule has 0 fully saturated rings. The van der Waals surface area contributed by atoms with E-state index in [2.05, 4.69) is 0 Å². The van der Waals surface area contributed by atoms with Crippen LogP contribution in [0.5, 0.6) is 0 Å². The average Bonchev–Trinajstić information content (AvgIpc) is 2.53. The number of rotatable bonds is 1. The van der Waals surface area contributed by atoms with Gasteiger partial charge in [0.1, 0.15) is 0 Å². The zero-order valence-electron chi connectivity index (χ0n) is 6.78. The van der Waals surface area contributed by atoms with Gasteiger partial charge in [0, 0.05) is 16.6 Å². The molecule has 0 radical (unpaired) electrons. The van der Waals surface area contributed by atoms with Crippen molar-refractivity contribution >= 4 is 39.1 Å². The maximum atomic E-state index is 10.7. The number of hydrogen-bond acceptors (Lipinski definition) is 4. The number of hydrogen-bond donors (Lipinski definition) is 2. The lowest BCUT2D eigenvalue weighted by molar-refractivity contribution is 0.112. The molecule has 4 heteroatoms. The Bertz CT molecular complexity index is 476. The summed E-state index contributed by atoms with van der Waals surface area (Å²) in [6.45, 7) is 0. The van der Waals surface area contributed by atoms with Crippen molar-refractivity contribution in [2.24, 2.45) is 0 Å². The SMILES string of the molecule is Nc1cc(N)c2sccc2c1C=O. The lowest BCUT2D eigenvalue weighted by Crippen LogP contribution is -1.96. The number of carbonyl (C=O) groups is 1. The number of thiophene rings is 1. The lowest BCUT2D eigenvalue weighted by atomic mass is 10.1. The first-order valence-corrected chi connectivity index (χ1v) is 4.62. The van der Waals surface area contributed by atoms with Gasteiger partial charge in [-0.15, -0.1) is 11.3 Å². The van der Waals surface area contributed by atoms with E-state index in [1.165, 1.54) is 11.3 Å². The van der Waals surface area contributed by atoms with Gasteiger partial charge < -0.3 is 11.5 Å². The standard InChI is InChI=1S/C9H8N2OS/c10-7-3-8(11)9-5(1-2-13-9)6(7)4-12/h1-4H,10-11H2. The number of fused-ring (bicyclic) bond motifs is 1. The number of benzene rings is 1. The van der Waals surface area contributed by atoms with Crippen molar-refractivity contribution in [1.82, 2.24) is 0 Å². The second kappa shape index (κ2) is 2.74.